The maximum absolute atomic E-state index is 14.1. The molecular formula is C30H35Cl2N3O5S. The minimum Gasteiger partial charge on any atom is -0.497 e. The quantitative estimate of drug-likeness (QED) is 0.256. The van der Waals surface area contributed by atoms with Crippen molar-refractivity contribution in [1.82, 2.24) is 10.2 Å². The summed E-state index contributed by atoms with van der Waals surface area (Å²) in [7, 11) is -2.69. The number of methoxy groups -OCH3 is 1. The zero-order chi connectivity index (χ0) is 30.2. The summed E-state index contributed by atoms with van der Waals surface area (Å²) in [6.07, 6.45) is 1.02. The molecule has 3 aromatic rings. The number of carbonyl (C=O) groups excluding carboxylic acids is 2. The second-order valence-corrected chi connectivity index (χ2v) is 12.3. The van der Waals surface area contributed by atoms with Crippen LogP contribution in [0.15, 0.2) is 77.7 Å². The normalized spacial score (nSPS) is 12.7. The lowest BCUT2D eigenvalue weighted by Crippen LogP contribution is -2.53. The number of carbonyl (C=O) groups is 2. The van der Waals surface area contributed by atoms with E-state index in [0.717, 1.165) is 9.87 Å². The molecular weight excluding hydrogens is 585 g/mol. The summed E-state index contributed by atoms with van der Waals surface area (Å²) in [6, 6.07) is 18.3. The van der Waals surface area contributed by atoms with Gasteiger partial charge in [-0.05, 0) is 67.8 Å². The van der Waals surface area contributed by atoms with Crippen LogP contribution in [0.1, 0.15) is 39.2 Å². The van der Waals surface area contributed by atoms with Gasteiger partial charge in [0.2, 0.25) is 11.8 Å². The summed E-state index contributed by atoms with van der Waals surface area (Å²) in [4.78, 5) is 28.9. The van der Waals surface area contributed by atoms with E-state index < -0.39 is 28.5 Å². The van der Waals surface area contributed by atoms with E-state index in [1.54, 1.807) is 43.5 Å². The molecule has 0 radical (unpaired) electrons. The van der Waals surface area contributed by atoms with Gasteiger partial charge in [-0.3, -0.25) is 13.9 Å². The molecule has 0 aliphatic heterocycles. The summed E-state index contributed by atoms with van der Waals surface area (Å²) < 4.78 is 34.1. The monoisotopic (exact) mass is 619 g/mol. The van der Waals surface area contributed by atoms with Crippen molar-refractivity contribution in [2.24, 2.45) is 0 Å². The topological polar surface area (TPSA) is 96.0 Å². The van der Waals surface area contributed by atoms with Gasteiger partial charge in [0.15, 0.2) is 0 Å². The maximum atomic E-state index is 14.1. The van der Waals surface area contributed by atoms with Crippen molar-refractivity contribution in [2.75, 3.05) is 18.0 Å². The van der Waals surface area contributed by atoms with Crippen LogP contribution in [0.3, 0.4) is 0 Å². The lowest BCUT2D eigenvalue weighted by Gasteiger charge is -2.34. The van der Waals surface area contributed by atoms with E-state index >= 15 is 0 Å². The zero-order valence-electron chi connectivity index (χ0n) is 23.5. The van der Waals surface area contributed by atoms with Gasteiger partial charge in [-0.15, -0.1) is 0 Å². The van der Waals surface area contributed by atoms with Crippen LogP contribution in [-0.2, 0) is 26.2 Å². The van der Waals surface area contributed by atoms with Crippen molar-refractivity contribution in [2.45, 2.75) is 57.1 Å². The zero-order valence-corrected chi connectivity index (χ0v) is 25.8. The molecule has 3 aromatic carbocycles. The molecule has 2 amide bonds. The Hall–Kier alpha value is -3.27. The Kier molecular flexibility index (Phi) is 11.5. The average Bonchev–Trinajstić information content (AvgIpc) is 2.95. The van der Waals surface area contributed by atoms with Gasteiger partial charge >= 0.3 is 0 Å². The first-order valence-corrected chi connectivity index (χ1v) is 15.5. The molecule has 0 fully saturated rings. The fourth-order valence-electron chi connectivity index (χ4n) is 4.26. The second-order valence-electron chi connectivity index (χ2n) is 9.57. The predicted octanol–water partition coefficient (Wildman–Crippen LogP) is 5.92. The highest BCUT2D eigenvalue weighted by Gasteiger charge is 2.34. The van der Waals surface area contributed by atoms with E-state index in [2.05, 4.69) is 5.32 Å². The number of hydrogen-bond donors (Lipinski definition) is 1. The van der Waals surface area contributed by atoms with Gasteiger partial charge in [0.25, 0.3) is 10.0 Å². The third-order valence-electron chi connectivity index (χ3n) is 6.62. The summed E-state index contributed by atoms with van der Waals surface area (Å²) in [6.45, 7) is 5.11. The first-order chi connectivity index (χ1) is 19.5. The fraction of sp³-hybridized carbons (Fsp3) is 0.333. The number of hydrogen-bond acceptors (Lipinski definition) is 5. The van der Waals surface area contributed by atoms with E-state index in [1.165, 1.54) is 35.2 Å². The molecule has 0 saturated heterocycles. The molecule has 0 aromatic heterocycles. The largest absolute Gasteiger partial charge is 0.497 e. The predicted molar refractivity (Wildman–Crippen MR) is 163 cm³/mol. The highest BCUT2D eigenvalue weighted by Crippen LogP contribution is 2.30. The lowest BCUT2D eigenvalue weighted by atomic mass is 10.1. The van der Waals surface area contributed by atoms with E-state index in [9.17, 15) is 18.0 Å². The lowest BCUT2D eigenvalue weighted by molar-refractivity contribution is -0.140. The van der Waals surface area contributed by atoms with E-state index in [4.69, 9.17) is 27.9 Å². The minimum atomic E-state index is -4.23. The standard InChI is InChI=1S/C30H35Cl2N3O5S/c1-5-21(3)33-30(37)28(6-2)34(19-22-11-10-12-26(15-22)40-4)29(36)20-35(25-17-23(31)16-24(32)18-25)41(38,39)27-13-8-7-9-14-27/h7-18,21,28H,5-6,19-20H2,1-4H3,(H,33,37). The third kappa shape index (κ3) is 8.38. The highest BCUT2D eigenvalue weighted by atomic mass is 35.5. The smallest absolute Gasteiger partial charge is 0.264 e. The number of sulfonamides is 1. The molecule has 41 heavy (non-hydrogen) atoms. The van der Waals surface area contributed by atoms with Crippen LogP contribution in [-0.4, -0.2) is 50.9 Å². The Bertz CT molecular complexity index is 1430. The Morgan fingerprint density at radius 2 is 1.59 bits per heavy atom. The van der Waals surface area contributed by atoms with Crippen molar-refractivity contribution in [3.63, 3.8) is 0 Å². The van der Waals surface area contributed by atoms with Crippen LogP contribution in [0.5, 0.6) is 5.75 Å². The average molecular weight is 621 g/mol. The minimum absolute atomic E-state index is 0.00945. The number of amides is 2. The molecule has 0 aliphatic rings. The van der Waals surface area contributed by atoms with E-state index in [1.807, 2.05) is 26.8 Å². The molecule has 0 spiro atoms. The molecule has 3 rings (SSSR count). The van der Waals surface area contributed by atoms with Gasteiger partial charge in [-0.2, -0.15) is 0 Å². The van der Waals surface area contributed by atoms with Crippen molar-refractivity contribution in [3.05, 3.63) is 88.4 Å². The van der Waals surface area contributed by atoms with Crippen LogP contribution < -0.4 is 14.4 Å². The molecule has 2 atom stereocenters. The van der Waals surface area contributed by atoms with Gasteiger partial charge in [-0.25, -0.2) is 8.42 Å². The Balaban J connectivity index is 2.09. The molecule has 220 valence electrons. The van der Waals surface area contributed by atoms with Crippen LogP contribution in [0, 0.1) is 0 Å². The SMILES string of the molecule is CCC(C)NC(=O)C(CC)N(Cc1cccc(OC)c1)C(=O)CN(c1cc(Cl)cc(Cl)c1)S(=O)(=O)c1ccccc1. The molecule has 0 saturated carbocycles. The van der Waals surface area contributed by atoms with Crippen LogP contribution in [0.25, 0.3) is 0 Å². The molecule has 1 N–H and O–H groups in total. The molecule has 0 heterocycles. The van der Waals surface area contributed by atoms with Crippen molar-refractivity contribution in [1.29, 1.82) is 0 Å². The highest BCUT2D eigenvalue weighted by molar-refractivity contribution is 7.92. The summed E-state index contributed by atoms with van der Waals surface area (Å²) in [5, 5.41) is 3.37. The van der Waals surface area contributed by atoms with Gasteiger partial charge in [-0.1, -0.05) is 67.4 Å². The van der Waals surface area contributed by atoms with Gasteiger partial charge in [0.05, 0.1) is 17.7 Å². The molecule has 0 aliphatic carbocycles. The number of nitrogens with zero attached hydrogens (tertiary/aromatic N) is 2. The fourth-order valence-corrected chi connectivity index (χ4v) is 6.19. The van der Waals surface area contributed by atoms with Gasteiger partial charge < -0.3 is 15.0 Å². The Labute approximate surface area is 252 Å². The van der Waals surface area contributed by atoms with Crippen LogP contribution in [0.4, 0.5) is 5.69 Å². The number of rotatable bonds is 13. The number of anilines is 1. The molecule has 11 heteroatoms. The van der Waals surface area contributed by atoms with E-state index in [-0.39, 0.29) is 39.1 Å². The van der Waals surface area contributed by atoms with Crippen molar-refractivity contribution >= 4 is 50.7 Å². The Morgan fingerprint density at radius 3 is 2.17 bits per heavy atom. The third-order valence-corrected chi connectivity index (χ3v) is 8.84. The molecule has 8 nitrogen and oxygen atoms in total. The summed E-state index contributed by atoms with van der Waals surface area (Å²) in [5.41, 5.74) is 0.842. The number of benzene rings is 3. The summed E-state index contributed by atoms with van der Waals surface area (Å²) >= 11 is 12.5. The Morgan fingerprint density at radius 1 is 0.927 bits per heavy atom. The first kappa shape index (κ1) is 32.2. The van der Waals surface area contributed by atoms with Crippen molar-refractivity contribution < 1.29 is 22.7 Å². The van der Waals surface area contributed by atoms with Crippen LogP contribution >= 0.6 is 23.2 Å². The first-order valence-electron chi connectivity index (χ1n) is 13.3. The van der Waals surface area contributed by atoms with Crippen molar-refractivity contribution in [3.8, 4) is 5.75 Å². The molecule has 0 bridgehead atoms. The maximum Gasteiger partial charge on any atom is 0.264 e. The number of halogens is 2. The van der Waals surface area contributed by atoms with E-state index in [0.29, 0.717) is 18.6 Å². The summed E-state index contributed by atoms with van der Waals surface area (Å²) in [5.74, 6) is -0.301. The molecule has 2 unspecified atom stereocenters. The number of nitrogens with one attached hydrogen (secondary N) is 1. The van der Waals surface area contributed by atoms with Gasteiger partial charge in [0, 0.05) is 22.6 Å². The van der Waals surface area contributed by atoms with Gasteiger partial charge in [0.1, 0.15) is 18.3 Å². The van der Waals surface area contributed by atoms with Crippen LogP contribution in [0.2, 0.25) is 10.0 Å². The second kappa shape index (κ2) is 14.6. The number of ether oxygens (including phenoxy) is 1.